The Hall–Kier alpha value is -1.89. The topological polar surface area (TPSA) is 88.1 Å². The molecule has 0 spiro atoms. The maximum absolute atomic E-state index is 12.2. The highest BCUT2D eigenvalue weighted by Crippen LogP contribution is 2.17. The van der Waals surface area contributed by atoms with Gasteiger partial charge in [0.15, 0.2) is 0 Å². The van der Waals surface area contributed by atoms with E-state index in [1.165, 1.54) is 19.3 Å². The van der Waals surface area contributed by atoms with E-state index in [1.807, 2.05) is 7.05 Å². The third kappa shape index (κ3) is 5.35. The van der Waals surface area contributed by atoms with Crippen molar-refractivity contribution in [2.75, 3.05) is 13.6 Å². The van der Waals surface area contributed by atoms with Crippen molar-refractivity contribution in [2.24, 2.45) is 7.05 Å². The summed E-state index contributed by atoms with van der Waals surface area (Å²) >= 11 is 0. The number of carbonyl (C=O) groups is 2. The minimum absolute atomic E-state index is 0.0135. The summed E-state index contributed by atoms with van der Waals surface area (Å²) in [6.07, 6.45) is 9.57. The first-order valence-electron chi connectivity index (χ1n) is 8.33. The molecule has 1 saturated carbocycles. The lowest BCUT2D eigenvalue weighted by molar-refractivity contribution is -0.124. The predicted octanol–water partition coefficient (Wildman–Crippen LogP) is 0.636. The molecule has 7 heteroatoms. The van der Waals surface area contributed by atoms with Crippen molar-refractivity contribution in [1.82, 2.24) is 25.7 Å². The average molecular weight is 321 g/mol. The number of carbonyl (C=O) groups excluding carboxylic acids is 2. The lowest BCUT2D eigenvalue weighted by Crippen LogP contribution is -2.40. The van der Waals surface area contributed by atoms with Crippen molar-refractivity contribution in [3.8, 4) is 0 Å². The van der Waals surface area contributed by atoms with Crippen molar-refractivity contribution in [2.45, 2.75) is 50.6 Å². The van der Waals surface area contributed by atoms with E-state index < -0.39 is 6.04 Å². The zero-order valence-corrected chi connectivity index (χ0v) is 14.0. The number of hydrogen-bond donors (Lipinski definition) is 3. The number of likely N-dealkylation sites (N-methyl/N-ethyl adjacent to an activating group) is 1. The van der Waals surface area contributed by atoms with E-state index in [4.69, 9.17) is 0 Å². The van der Waals surface area contributed by atoms with Gasteiger partial charge in [-0.05, 0) is 19.9 Å². The fourth-order valence-electron chi connectivity index (χ4n) is 2.99. The molecule has 0 aliphatic heterocycles. The van der Waals surface area contributed by atoms with E-state index in [9.17, 15) is 9.59 Å². The summed E-state index contributed by atoms with van der Waals surface area (Å²) < 4.78 is 1.66. The molecular weight excluding hydrogens is 294 g/mol. The van der Waals surface area contributed by atoms with Gasteiger partial charge >= 0.3 is 0 Å². The molecule has 128 valence electrons. The summed E-state index contributed by atoms with van der Waals surface area (Å²) in [5.74, 6) is -0.134. The molecule has 2 amide bonds. The molecule has 1 fully saturated rings. The number of aryl methyl sites for hydroxylation is 1. The molecule has 1 aliphatic rings. The van der Waals surface area contributed by atoms with E-state index in [-0.39, 0.29) is 11.8 Å². The Bertz CT molecular complexity index is 522. The van der Waals surface area contributed by atoms with Gasteiger partial charge in [-0.2, -0.15) is 5.10 Å². The third-order valence-corrected chi connectivity index (χ3v) is 4.23. The maximum Gasteiger partial charge on any atom is 0.241 e. The molecule has 0 bridgehead atoms. The number of nitrogens with zero attached hydrogens (tertiary/aromatic N) is 2. The minimum atomic E-state index is -0.454. The van der Waals surface area contributed by atoms with Crippen molar-refractivity contribution >= 4 is 11.8 Å². The Balaban J connectivity index is 1.71. The molecule has 0 radical (unpaired) electrons. The fraction of sp³-hybridized carbons (Fsp3) is 0.688. The van der Waals surface area contributed by atoms with E-state index >= 15 is 0 Å². The Morgan fingerprint density at radius 2 is 2.09 bits per heavy atom. The van der Waals surface area contributed by atoms with Crippen LogP contribution in [0.25, 0.3) is 0 Å². The molecule has 1 aromatic heterocycles. The Labute approximate surface area is 137 Å². The van der Waals surface area contributed by atoms with E-state index in [0.717, 1.165) is 18.4 Å². The molecule has 23 heavy (non-hydrogen) atoms. The molecule has 3 N–H and O–H groups in total. The Morgan fingerprint density at radius 1 is 1.35 bits per heavy atom. The van der Waals surface area contributed by atoms with Crippen LogP contribution in [0.4, 0.5) is 0 Å². The van der Waals surface area contributed by atoms with Gasteiger partial charge in [0.1, 0.15) is 6.04 Å². The number of hydrogen-bond acceptors (Lipinski definition) is 4. The molecule has 1 unspecified atom stereocenters. The van der Waals surface area contributed by atoms with Crippen LogP contribution in [0.2, 0.25) is 0 Å². The van der Waals surface area contributed by atoms with Gasteiger partial charge in [-0.25, -0.2) is 0 Å². The van der Waals surface area contributed by atoms with Crippen LogP contribution in [0.15, 0.2) is 12.4 Å². The van der Waals surface area contributed by atoms with Gasteiger partial charge in [0.05, 0.1) is 6.20 Å². The van der Waals surface area contributed by atoms with Gasteiger partial charge in [0.25, 0.3) is 0 Å². The first-order chi connectivity index (χ1) is 11.1. The summed E-state index contributed by atoms with van der Waals surface area (Å²) in [6, 6.07) is -0.141. The molecule has 1 aromatic rings. The molecule has 1 heterocycles. The van der Waals surface area contributed by atoms with Crippen LogP contribution in [0.1, 0.15) is 50.1 Å². The summed E-state index contributed by atoms with van der Waals surface area (Å²) in [5, 5.41) is 12.9. The second kappa shape index (κ2) is 8.67. The lowest BCUT2D eigenvalue weighted by Gasteiger charge is -2.22. The maximum atomic E-state index is 12.2. The summed E-state index contributed by atoms with van der Waals surface area (Å²) in [4.78, 5) is 24.1. The summed E-state index contributed by atoms with van der Waals surface area (Å²) in [6.45, 7) is 0.343. The van der Waals surface area contributed by atoms with Gasteiger partial charge in [-0.1, -0.05) is 19.3 Å². The highest BCUT2D eigenvalue weighted by Gasteiger charge is 2.20. The first kappa shape index (κ1) is 17.5. The molecule has 2 rings (SSSR count). The third-order valence-electron chi connectivity index (χ3n) is 4.23. The lowest BCUT2D eigenvalue weighted by atomic mass is 9.95. The highest BCUT2D eigenvalue weighted by molar-refractivity contribution is 5.84. The highest BCUT2D eigenvalue weighted by atomic mass is 16.2. The van der Waals surface area contributed by atoms with Crippen LogP contribution in [0.5, 0.6) is 0 Å². The molecule has 1 atom stereocenters. The zero-order valence-electron chi connectivity index (χ0n) is 14.0. The molecule has 7 nitrogen and oxygen atoms in total. The van der Waals surface area contributed by atoms with Crippen LogP contribution >= 0.6 is 0 Å². The number of rotatable bonds is 7. The zero-order chi connectivity index (χ0) is 16.7. The van der Waals surface area contributed by atoms with Gasteiger partial charge in [0.2, 0.25) is 11.8 Å². The standard InChI is InChI=1S/C16H27N5O2/c1-17-15(12-10-19-21(2)11-12)16(23)18-9-8-14(22)20-13-6-4-3-5-7-13/h10-11,13,15,17H,3-9H2,1-2H3,(H,18,23)(H,20,22). The van der Waals surface area contributed by atoms with Crippen molar-refractivity contribution in [3.63, 3.8) is 0 Å². The van der Waals surface area contributed by atoms with Gasteiger partial charge in [0, 0.05) is 37.8 Å². The number of aromatic nitrogens is 2. The monoisotopic (exact) mass is 321 g/mol. The molecule has 0 aromatic carbocycles. The molecule has 0 saturated heterocycles. The van der Waals surface area contributed by atoms with Crippen LogP contribution in [-0.2, 0) is 16.6 Å². The van der Waals surface area contributed by atoms with Gasteiger partial charge in [-0.15, -0.1) is 0 Å². The number of amides is 2. The average Bonchev–Trinajstić information content (AvgIpc) is 2.95. The van der Waals surface area contributed by atoms with Crippen LogP contribution in [0, 0.1) is 0 Å². The number of nitrogens with one attached hydrogen (secondary N) is 3. The molecule has 1 aliphatic carbocycles. The SMILES string of the molecule is CNC(C(=O)NCCC(=O)NC1CCCCC1)c1cnn(C)c1. The van der Waals surface area contributed by atoms with Gasteiger partial charge in [-0.3, -0.25) is 14.3 Å². The second-order valence-electron chi connectivity index (χ2n) is 6.11. The van der Waals surface area contributed by atoms with Crippen LogP contribution in [-0.4, -0.2) is 41.2 Å². The van der Waals surface area contributed by atoms with Crippen molar-refractivity contribution < 1.29 is 9.59 Å². The Morgan fingerprint density at radius 3 is 2.70 bits per heavy atom. The normalized spacial score (nSPS) is 16.8. The van der Waals surface area contributed by atoms with E-state index in [1.54, 1.807) is 24.1 Å². The summed E-state index contributed by atoms with van der Waals surface area (Å²) in [7, 11) is 3.54. The van der Waals surface area contributed by atoms with E-state index in [0.29, 0.717) is 19.0 Å². The molecular formula is C16H27N5O2. The van der Waals surface area contributed by atoms with Crippen LogP contribution in [0.3, 0.4) is 0 Å². The largest absolute Gasteiger partial charge is 0.354 e. The van der Waals surface area contributed by atoms with Crippen molar-refractivity contribution in [3.05, 3.63) is 18.0 Å². The van der Waals surface area contributed by atoms with Crippen molar-refractivity contribution in [1.29, 1.82) is 0 Å². The minimum Gasteiger partial charge on any atom is -0.354 e. The Kier molecular flexibility index (Phi) is 6.58. The van der Waals surface area contributed by atoms with Gasteiger partial charge < -0.3 is 16.0 Å². The second-order valence-corrected chi connectivity index (χ2v) is 6.11. The fourth-order valence-corrected chi connectivity index (χ4v) is 2.99. The quantitative estimate of drug-likeness (QED) is 0.687. The van der Waals surface area contributed by atoms with E-state index in [2.05, 4.69) is 21.0 Å². The predicted molar refractivity (Wildman–Crippen MR) is 87.7 cm³/mol. The smallest absolute Gasteiger partial charge is 0.241 e. The van der Waals surface area contributed by atoms with Crippen LogP contribution < -0.4 is 16.0 Å². The first-order valence-corrected chi connectivity index (χ1v) is 8.33. The summed E-state index contributed by atoms with van der Waals surface area (Å²) in [5.41, 5.74) is 0.805.